The summed E-state index contributed by atoms with van der Waals surface area (Å²) in [7, 11) is 0. The number of carbonyl (C=O) groups excluding carboxylic acids is 3. The van der Waals surface area contributed by atoms with E-state index in [1.54, 1.807) is 41.5 Å². The van der Waals surface area contributed by atoms with Crippen LogP contribution in [-0.4, -0.2) is 44.5 Å². The second kappa shape index (κ2) is 7.90. The van der Waals surface area contributed by atoms with Crippen LogP contribution in [-0.2, 0) is 9.47 Å². The smallest absolute Gasteiger partial charge is 0.427 e. The largest absolute Gasteiger partial charge is 0.443 e. The number of imide groups is 1. The summed E-state index contributed by atoms with van der Waals surface area (Å²) >= 11 is 3.05. The second-order valence-corrected chi connectivity index (χ2v) is 7.69. The van der Waals surface area contributed by atoms with E-state index in [1.165, 1.54) is 12.4 Å². The van der Waals surface area contributed by atoms with Crippen molar-refractivity contribution in [1.29, 1.82) is 0 Å². The Morgan fingerprint density at radius 2 is 1.36 bits per heavy atom. The number of ether oxygens (including phenoxy) is 2. The summed E-state index contributed by atoms with van der Waals surface area (Å²) < 4.78 is 10.4. The predicted octanol–water partition coefficient (Wildman–Crippen LogP) is 3.73. The van der Waals surface area contributed by atoms with Crippen LogP contribution in [0.3, 0.4) is 0 Å². The van der Waals surface area contributed by atoms with Crippen molar-refractivity contribution in [3.63, 3.8) is 0 Å². The van der Waals surface area contributed by atoms with Crippen molar-refractivity contribution in [2.75, 3.05) is 10.2 Å². The van der Waals surface area contributed by atoms with Crippen LogP contribution < -0.4 is 4.90 Å². The predicted molar refractivity (Wildman–Crippen MR) is 95.1 cm³/mol. The lowest BCUT2D eigenvalue weighted by Crippen LogP contribution is -2.44. The highest BCUT2D eigenvalue weighted by Crippen LogP contribution is 2.18. The fraction of sp³-hybridized carbons (Fsp3) is 0.562. The third-order valence-corrected chi connectivity index (χ3v) is 2.94. The van der Waals surface area contributed by atoms with Crippen LogP contribution >= 0.6 is 15.9 Å². The summed E-state index contributed by atoms with van der Waals surface area (Å²) in [4.78, 5) is 44.9. The van der Waals surface area contributed by atoms with E-state index in [-0.39, 0.29) is 22.6 Å². The molecule has 0 radical (unpaired) electrons. The number of alkyl halides is 1. The number of Topliss-reactive ketones (excluding diaryl/α,β-unsaturated/α-hetero) is 1. The molecule has 1 rings (SSSR count). The molecular formula is C16H22BrN3O5. The van der Waals surface area contributed by atoms with Gasteiger partial charge in [-0.3, -0.25) is 4.79 Å². The second-order valence-electron chi connectivity index (χ2n) is 7.12. The van der Waals surface area contributed by atoms with E-state index in [9.17, 15) is 14.4 Å². The van der Waals surface area contributed by atoms with Gasteiger partial charge >= 0.3 is 12.2 Å². The number of nitrogens with zero attached hydrogens (tertiary/aromatic N) is 3. The van der Waals surface area contributed by atoms with Gasteiger partial charge in [0.15, 0.2) is 5.78 Å². The Morgan fingerprint density at radius 1 is 0.960 bits per heavy atom. The molecule has 25 heavy (non-hydrogen) atoms. The molecule has 0 bridgehead atoms. The third-order valence-electron chi connectivity index (χ3n) is 2.43. The Labute approximate surface area is 155 Å². The Hall–Kier alpha value is -2.03. The highest BCUT2D eigenvalue weighted by Gasteiger charge is 2.34. The number of hydrogen-bond acceptors (Lipinski definition) is 7. The molecule has 0 aliphatic rings. The van der Waals surface area contributed by atoms with Gasteiger partial charge in [0.2, 0.25) is 5.95 Å². The van der Waals surface area contributed by atoms with E-state index in [2.05, 4.69) is 25.9 Å². The summed E-state index contributed by atoms with van der Waals surface area (Å²) in [5.74, 6) is -0.470. The quantitative estimate of drug-likeness (QED) is 0.547. The molecule has 0 aliphatic heterocycles. The zero-order chi connectivity index (χ0) is 19.4. The molecule has 0 saturated heterocycles. The summed E-state index contributed by atoms with van der Waals surface area (Å²) in [6.45, 7) is 9.98. The number of carbonyl (C=O) groups is 3. The minimum atomic E-state index is -0.971. The number of amides is 2. The number of hydrogen-bond donors (Lipinski definition) is 0. The fourth-order valence-electron chi connectivity index (χ4n) is 1.51. The van der Waals surface area contributed by atoms with Gasteiger partial charge in [-0.25, -0.2) is 19.6 Å². The SMILES string of the molecule is CC(C)(C)OC(=O)N(C(=O)OC(C)(C)C)c1ncc(C(=O)CBr)cn1. The number of ketones is 1. The fourth-order valence-corrected chi connectivity index (χ4v) is 1.83. The van der Waals surface area contributed by atoms with Crippen molar-refractivity contribution in [2.24, 2.45) is 0 Å². The molecule has 0 spiro atoms. The van der Waals surface area contributed by atoms with Crippen LogP contribution in [0.25, 0.3) is 0 Å². The minimum Gasteiger partial charge on any atom is -0.443 e. The normalized spacial score (nSPS) is 11.6. The summed E-state index contributed by atoms with van der Waals surface area (Å²) in [6.07, 6.45) is 0.518. The molecule has 0 aliphatic carbocycles. The Morgan fingerprint density at radius 3 is 1.68 bits per heavy atom. The molecule has 138 valence electrons. The van der Waals surface area contributed by atoms with Gasteiger partial charge in [-0.1, -0.05) is 15.9 Å². The van der Waals surface area contributed by atoms with Gasteiger partial charge in [0.05, 0.1) is 10.9 Å². The molecule has 0 unspecified atom stereocenters. The van der Waals surface area contributed by atoms with Crippen molar-refractivity contribution < 1.29 is 23.9 Å². The Balaban J connectivity index is 3.19. The lowest BCUT2D eigenvalue weighted by Gasteiger charge is -2.27. The average molecular weight is 416 g/mol. The number of rotatable bonds is 3. The molecule has 0 atom stereocenters. The third kappa shape index (κ3) is 6.77. The van der Waals surface area contributed by atoms with Crippen LogP contribution in [0.2, 0.25) is 0 Å². The first-order valence-corrected chi connectivity index (χ1v) is 8.63. The van der Waals surface area contributed by atoms with Crippen molar-refractivity contribution in [2.45, 2.75) is 52.7 Å². The maximum Gasteiger partial charge on any atom is 0.427 e. The van der Waals surface area contributed by atoms with E-state index in [0.717, 1.165) is 0 Å². The first kappa shape index (κ1) is 21.0. The van der Waals surface area contributed by atoms with E-state index in [1.807, 2.05) is 0 Å². The van der Waals surface area contributed by atoms with Gasteiger partial charge in [0.25, 0.3) is 0 Å². The van der Waals surface area contributed by atoms with Crippen molar-refractivity contribution in [3.8, 4) is 0 Å². The minimum absolute atomic E-state index is 0.109. The van der Waals surface area contributed by atoms with E-state index in [0.29, 0.717) is 4.90 Å². The molecule has 1 aromatic rings. The van der Waals surface area contributed by atoms with E-state index >= 15 is 0 Å². The molecule has 1 aromatic heterocycles. The molecule has 1 heterocycles. The maximum absolute atomic E-state index is 12.4. The Kier molecular flexibility index (Phi) is 6.64. The first-order valence-electron chi connectivity index (χ1n) is 7.51. The molecule has 9 heteroatoms. The van der Waals surface area contributed by atoms with Crippen molar-refractivity contribution >= 4 is 39.8 Å². The van der Waals surface area contributed by atoms with Crippen LogP contribution in [0, 0.1) is 0 Å². The van der Waals surface area contributed by atoms with Crippen molar-refractivity contribution in [3.05, 3.63) is 18.0 Å². The Bertz CT molecular complexity index is 619. The monoisotopic (exact) mass is 415 g/mol. The molecular weight excluding hydrogens is 394 g/mol. The highest BCUT2D eigenvalue weighted by atomic mass is 79.9. The molecule has 2 amide bonds. The van der Waals surface area contributed by atoms with Crippen LogP contribution in [0.4, 0.5) is 15.5 Å². The number of anilines is 1. The average Bonchev–Trinajstić information content (AvgIpc) is 2.43. The number of aromatic nitrogens is 2. The van der Waals surface area contributed by atoms with Gasteiger partial charge in [-0.05, 0) is 41.5 Å². The lowest BCUT2D eigenvalue weighted by atomic mass is 10.2. The zero-order valence-electron chi connectivity index (χ0n) is 15.1. The topological polar surface area (TPSA) is 98.7 Å². The summed E-state index contributed by atoms with van der Waals surface area (Å²) in [6, 6.07) is 0. The van der Waals surface area contributed by atoms with Gasteiger partial charge in [0, 0.05) is 12.4 Å². The van der Waals surface area contributed by atoms with E-state index < -0.39 is 23.4 Å². The molecule has 0 fully saturated rings. The summed E-state index contributed by atoms with van der Waals surface area (Å²) in [5.41, 5.74) is -1.42. The molecule has 8 nitrogen and oxygen atoms in total. The van der Waals surface area contributed by atoms with Gasteiger partial charge in [0.1, 0.15) is 11.2 Å². The van der Waals surface area contributed by atoms with E-state index in [4.69, 9.17) is 9.47 Å². The van der Waals surface area contributed by atoms with Crippen LogP contribution in [0.5, 0.6) is 0 Å². The van der Waals surface area contributed by atoms with Crippen LogP contribution in [0.15, 0.2) is 12.4 Å². The van der Waals surface area contributed by atoms with Crippen molar-refractivity contribution in [1.82, 2.24) is 9.97 Å². The molecule has 0 aromatic carbocycles. The maximum atomic E-state index is 12.4. The summed E-state index contributed by atoms with van der Waals surface area (Å²) in [5, 5.41) is 0.109. The van der Waals surface area contributed by atoms with Gasteiger partial charge in [-0.2, -0.15) is 0 Å². The number of halogens is 1. The zero-order valence-corrected chi connectivity index (χ0v) is 16.7. The first-order chi connectivity index (χ1) is 11.3. The molecule has 0 N–H and O–H groups in total. The standard InChI is InChI=1S/C16H22BrN3O5/c1-15(2,3)24-13(22)20(14(23)25-16(4,5)6)12-18-8-10(9-19-12)11(21)7-17/h8-9H,7H2,1-6H3. The van der Waals surface area contributed by atoms with Gasteiger partial charge in [-0.15, -0.1) is 4.90 Å². The van der Waals surface area contributed by atoms with Gasteiger partial charge < -0.3 is 9.47 Å². The highest BCUT2D eigenvalue weighted by molar-refractivity contribution is 9.09. The van der Waals surface area contributed by atoms with Crippen LogP contribution in [0.1, 0.15) is 51.9 Å². The molecule has 0 saturated carbocycles. The lowest BCUT2D eigenvalue weighted by molar-refractivity contribution is 0.0427.